The van der Waals surface area contributed by atoms with Crippen LogP contribution in [-0.4, -0.2) is 45.0 Å². The van der Waals surface area contributed by atoms with Gasteiger partial charge in [0.15, 0.2) is 0 Å². The van der Waals surface area contributed by atoms with Gasteiger partial charge in [-0.25, -0.2) is 13.2 Å². The number of carbonyl (C=O) groups excluding carboxylic acids is 2. The summed E-state index contributed by atoms with van der Waals surface area (Å²) >= 11 is 5.74. The predicted molar refractivity (Wildman–Crippen MR) is 83.7 cm³/mol. The fraction of sp³-hybridized carbons (Fsp3) is 0.429. The van der Waals surface area contributed by atoms with E-state index in [0.717, 1.165) is 6.26 Å². The molecule has 1 unspecified atom stereocenters. The average molecular weight is 348 g/mol. The highest BCUT2D eigenvalue weighted by molar-refractivity contribution is 7.90. The standard InChI is InChI=1S/C14H18ClNO5S/c1-3-21-14(18)12(8-9-22(2,19)20)16-13(17)10-4-6-11(15)7-5-10/h4-7,12H,3,8-9H2,1-2H3,(H,16,17). The maximum atomic E-state index is 12.1. The van der Waals surface area contributed by atoms with Gasteiger partial charge in [-0.3, -0.25) is 4.79 Å². The first-order valence-corrected chi connectivity index (χ1v) is 9.07. The minimum absolute atomic E-state index is 0.0446. The molecule has 122 valence electrons. The van der Waals surface area contributed by atoms with E-state index in [1.165, 1.54) is 12.1 Å². The number of amides is 1. The van der Waals surface area contributed by atoms with E-state index in [-0.39, 0.29) is 18.8 Å². The molecule has 0 bridgehead atoms. The molecule has 1 aromatic carbocycles. The van der Waals surface area contributed by atoms with Crippen molar-refractivity contribution in [2.45, 2.75) is 19.4 Å². The Bertz CT molecular complexity index is 627. The van der Waals surface area contributed by atoms with Gasteiger partial charge in [-0.15, -0.1) is 0 Å². The minimum Gasteiger partial charge on any atom is -0.464 e. The van der Waals surface area contributed by atoms with Crippen LogP contribution in [-0.2, 0) is 19.4 Å². The SMILES string of the molecule is CCOC(=O)C(CCS(C)(=O)=O)NC(=O)c1ccc(Cl)cc1. The third-order valence-electron chi connectivity index (χ3n) is 2.76. The highest BCUT2D eigenvalue weighted by Gasteiger charge is 2.24. The van der Waals surface area contributed by atoms with Crippen molar-refractivity contribution < 1.29 is 22.7 Å². The molecule has 0 spiro atoms. The van der Waals surface area contributed by atoms with Gasteiger partial charge < -0.3 is 10.1 Å². The van der Waals surface area contributed by atoms with E-state index in [9.17, 15) is 18.0 Å². The summed E-state index contributed by atoms with van der Waals surface area (Å²) in [5.41, 5.74) is 0.318. The van der Waals surface area contributed by atoms with E-state index < -0.39 is 27.8 Å². The average Bonchev–Trinajstić information content (AvgIpc) is 2.43. The Balaban J connectivity index is 2.80. The lowest BCUT2D eigenvalue weighted by atomic mass is 10.1. The monoisotopic (exact) mass is 347 g/mol. The number of nitrogens with one attached hydrogen (secondary N) is 1. The zero-order chi connectivity index (χ0) is 16.8. The third-order valence-corrected chi connectivity index (χ3v) is 3.99. The van der Waals surface area contributed by atoms with Gasteiger partial charge >= 0.3 is 5.97 Å². The van der Waals surface area contributed by atoms with Crippen molar-refractivity contribution in [1.29, 1.82) is 0 Å². The number of hydrogen-bond acceptors (Lipinski definition) is 5. The van der Waals surface area contributed by atoms with E-state index in [1.807, 2.05) is 0 Å². The number of halogens is 1. The summed E-state index contributed by atoms with van der Waals surface area (Å²) in [7, 11) is -3.25. The first-order chi connectivity index (χ1) is 10.2. The number of hydrogen-bond donors (Lipinski definition) is 1. The second-order valence-corrected chi connectivity index (χ2v) is 7.40. The van der Waals surface area contributed by atoms with Gasteiger partial charge in [0.2, 0.25) is 0 Å². The Labute approximate surface area is 134 Å². The van der Waals surface area contributed by atoms with E-state index in [0.29, 0.717) is 10.6 Å². The number of rotatable bonds is 7. The second-order valence-electron chi connectivity index (χ2n) is 4.70. The molecule has 22 heavy (non-hydrogen) atoms. The van der Waals surface area contributed by atoms with E-state index in [4.69, 9.17) is 16.3 Å². The molecule has 6 nitrogen and oxygen atoms in total. The molecule has 0 aliphatic rings. The molecule has 1 rings (SSSR count). The van der Waals surface area contributed by atoms with Crippen molar-refractivity contribution in [3.05, 3.63) is 34.9 Å². The molecule has 1 atom stereocenters. The van der Waals surface area contributed by atoms with Crippen molar-refractivity contribution >= 4 is 33.3 Å². The number of benzene rings is 1. The van der Waals surface area contributed by atoms with Crippen LogP contribution in [0.2, 0.25) is 5.02 Å². The highest BCUT2D eigenvalue weighted by Crippen LogP contribution is 2.10. The smallest absolute Gasteiger partial charge is 0.328 e. The lowest BCUT2D eigenvalue weighted by Crippen LogP contribution is -2.43. The van der Waals surface area contributed by atoms with Gasteiger partial charge in [-0.1, -0.05) is 11.6 Å². The third kappa shape index (κ3) is 6.44. The van der Waals surface area contributed by atoms with Crippen molar-refractivity contribution in [1.82, 2.24) is 5.32 Å². The minimum atomic E-state index is -3.25. The molecule has 1 aromatic rings. The van der Waals surface area contributed by atoms with Crippen molar-refractivity contribution in [2.75, 3.05) is 18.6 Å². The Morgan fingerprint density at radius 1 is 1.27 bits per heavy atom. The molecule has 0 radical (unpaired) electrons. The maximum absolute atomic E-state index is 12.1. The molecule has 0 aliphatic heterocycles. The van der Waals surface area contributed by atoms with E-state index in [2.05, 4.69) is 5.32 Å². The van der Waals surface area contributed by atoms with Crippen LogP contribution in [0.25, 0.3) is 0 Å². The Hall–Kier alpha value is -1.60. The lowest BCUT2D eigenvalue weighted by molar-refractivity contribution is -0.145. The van der Waals surface area contributed by atoms with Crippen LogP contribution in [0.3, 0.4) is 0 Å². The van der Waals surface area contributed by atoms with Gasteiger partial charge in [0.1, 0.15) is 15.9 Å². The van der Waals surface area contributed by atoms with Gasteiger partial charge in [0.05, 0.1) is 12.4 Å². The lowest BCUT2D eigenvalue weighted by Gasteiger charge is -2.17. The van der Waals surface area contributed by atoms with Crippen LogP contribution in [0.15, 0.2) is 24.3 Å². The largest absolute Gasteiger partial charge is 0.464 e. The van der Waals surface area contributed by atoms with Gasteiger partial charge in [0.25, 0.3) is 5.91 Å². The molecule has 8 heteroatoms. The van der Waals surface area contributed by atoms with Crippen molar-refractivity contribution in [3.63, 3.8) is 0 Å². The summed E-state index contributed by atoms with van der Waals surface area (Å²) in [6, 6.07) is 5.10. The summed E-state index contributed by atoms with van der Waals surface area (Å²) in [6.45, 7) is 1.78. The molecule has 0 heterocycles. The summed E-state index contributed by atoms with van der Waals surface area (Å²) in [6.07, 6.45) is 1.02. The van der Waals surface area contributed by atoms with Crippen molar-refractivity contribution in [3.8, 4) is 0 Å². The molecule has 0 aromatic heterocycles. The topological polar surface area (TPSA) is 89.5 Å². The summed E-state index contributed by atoms with van der Waals surface area (Å²) in [5.74, 6) is -1.38. The Morgan fingerprint density at radius 3 is 2.36 bits per heavy atom. The zero-order valence-corrected chi connectivity index (χ0v) is 13.9. The fourth-order valence-electron chi connectivity index (χ4n) is 1.67. The molecule has 0 saturated carbocycles. The van der Waals surface area contributed by atoms with Crippen LogP contribution in [0, 0.1) is 0 Å². The van der Waals surface area contributed by atoms with Crippen LogP contribution in [0.5, 0.6) is 0 Å². The number of esters is 1. The van der Waals surface area contributed by atoms with Crippen LogP contribution < -0.4 is 5.32 Å². The maximum Gasteiger partial charge on any atom is 0.328 e. The van der Waals surface area contributed by atoms with E-state index >= 15 is 0 Å². The first-order valence-electron chi connectivity index (χ1n) is 6.63. The molecular formula is C14H18ClNO5S. The number of sulfone groups is 1. The first kappa shape index (κ1) is 18.4. The van der Waals surface area contributed by atoms with Crippen LogP contribution in [0.4, 0.5) is 0 Å². The Kier molecular flexibility index (Phi) is 6.83. The van der Waals surface area contributed by atoms with E-state index in [1.54, 1.807) is 19.1 Å². The molecule has 1 amide bonds. The molecule has 0 saturated heterocycles. The number of carbonyl (C=O) groups is 2. The Morgan fingerprint density at radius 2 is 1.86 bits per heavy atom. The van der Waals surface area contributed by atoms with Crippen LogP contribution in [0.1, 0.15) is 23.7 Å². The summed E-state index contributed by atoms with van der Waals surface area (Å²) < 4.78 is 27.3. The highest BCUT2D eigenvalue weighted by atomic mass is 35.5. The van der Waals surface area contributed by atoms with Gasteiger partial charge in [-0.2, -0.15) is 0 Å². The predicted octanol–water partition coefficient (Wildman–Crippen LogP) is 1.44. The quantitative estimate of drug-likeness (QED) is 0.754. The zero-order valence-electron chi connectivity index (χ0n) is 12.3. The molecular weight excluding hydrogens is 330 g/mol. The fourth-order valence-corrected chi connectivity index (χ4v) is 2.46. The van der Waals surface area contributed by atoms with Gasteiger partial charge in [0, 0.05) is 16.8 Å². The number of ether oxygens (including phenoxy) is 1. The second kappa shape index (κ2) is 8.14. The molecule has 1 N–H and O–H groups in total. The summed E-state index contributed by atoms with van der Waals surface area (Å²) in [5, 5.41) is 2.97. The summed E-state index contributed by atoms with van der Waals surface area (Å²) in [4.78, 5) is 23.9. The van der Waals surface area contributed by atoms with Crippen LogP contribution >= 0.6 is 11.6 Å². The van der Waals surface area contributed by atoms with Gasteiger partial charge in [-0.05, 0) is 37.6 Å². The normalized spacial score (nSPS) is 12.5. The molecule has 0 fully saturated rings. The van der Waals surface area contributed by atoms with Crippen molar-refractivity contribution in [2.24, 2.45) is 0 Å². The molecule has 0 aliphatic carbocycles.